The number of rotatable bonds is 6. The summed E-state index contributed by atoms with van der Waals surface area (Å²) in [5.74, 6) is 1.86. The van der Waals surface area contributed by atoms with E-state index in [9.17, 15) is 4.79 Å². The number of aromatic nitrogens is 2. The molecule has 0 spiro atoms. The van der Waals surface area contributed by atoms with Crippen LogP contribution in [0.1, 0.15) is 17.4 Å². The Balaban J connectivity index is 2.48. The average Bonchev–Trinajstić information content (AvgIpc) is 2.36. The lowest BCUT2D eigenvalue weighted by Crippen LogP contribution is -2.14. The summed E-state index contributed by atoms with van der Waals surface area (Å²) < 4.78 is 4.54. The first-order chi connectivity index (χ1) is 8.17. The third-order valence-electron chi connectivity index (χ3n) is 2.13. The highest BCUT2D eigenvalue weighted by atomic mass is 32.2. The Bertz CT molecular complexity index is 356. The van der Waals surface area contributed by atoms with Gasteiger partial charge in [-0.05, 0) is 17.9 Å². The molecule has 1 aromatic heterocycles. The van der Waals surface area contributed by atoms with Gasteiger partial charge in [-0.25, -0.2) is 14.8 Å². The first kappa shape index (κ1) is 13.8. The first-order valence-electron chi connectivity index (χ1n) is 5.30. The normalized spacial score (nSPS) is 11.9. The van der Waals surface area contributed by atoms with Crippen LogP contribution in [0.25, 0.3) is 0 Å². The van der Waals surface area contributed by atoms with Crippen molar-refractivity contribution < 1.29 is 9.53 Å². The predicted molar refractivity (Wildman–Crippen MR) is 69.4 cm³/mol. The van der Waals surface area contributed by atoms with Crippen molar-refractivity contribution in [3.63, 3.8) is 0 Å². The summed E-state index contributed by atoms with van der Waals surface area (Å²) in [5, 5.41) is 3.17. The van der Waals surface area contributed by atoms with Crippen molar-refractivity contribution in [3.8, 4) is 0 Å². The fraction of sp³-hybridized carbons (Fsp3) is 0.545. The molecule has 6 heteroatoms. The number of thioether (sulfide) groups is 1. The molecule has 0 fully saturated rings. The summed E-state index contributed by atoms with van der Waals surface area (Å²) in [4.78, 5) is 19.2. The summed E-state index contributed by atoms with van der Waals surface area (Å²) in [6.45, 7) is 3.01. The zero-order chi connectivity index (χ0) is 12.7. The summed E-state index contributed by atoms with van der Waals surface area (Å²) in [5.41, 5.74) is 0.218. The molecule has 0 aromatic carbocycles. The van der Waals surface area contributed by atoms with E-state index >= 15 is 0 Å². The van der Waals surface area contributed by atoms with Crippen LogP contribution in [0.15, 0.2) is 12.4 Å². The van der Waals surface area contributed by atoms with Gasteiger partial charge in [0.1, 0.15) is 5.82 Å². The maximum Gasteiger partial charge on any atom is 0.358 e. The highest BCUT2D eigenvalue weighted by Crippen LogP contribution is 2.07. The Morgan fingerprint density at radius 2 is 2.29 bits per heavy atom. The molecule has 1 atom stereocenters. The molecule has 5 nitrogen and oxygen atoms in total. The van der Waals surface area contributed by atoms with Gasteiger partial charge in [0.25, 0.3) is 0 Å². The van der Waals surface area contributed by atoms with Crippen molar-refractivity contribution >= 4 is 23.5 Å². The second kappa shape index (κ2) is 7.11. The summed E-state index contributed by atoms with van der Waals surface area (Å²) in [6.07, 6.45) is 5.03. The van der Waals surface area contributed by atoms with Crippen molar-refractivity contribution in [3.05, 3.63) is 18.1 Å². The molecule has 0 radical (unpaired) electrons. The topological polar surface area (TPSA) is 64.1 Å². The molecule has 1 aromatic rings. The van der Waals surface area contributed by atoms with E-state index in [-0.39, 0.29) is 5.69 Å². The largest absolute Gasteiger partial charge is 0.464 e. The minimum Gasteiger partial charge on any atom is -0.464 e. The fourth-order valence-electron chi connectivity index (χ4n) is 1.25. The molecule has 1 rings (SSSR count). The third kappa shape index (κ3) is 4.60. The zero-order valence-electron chi connectivity index (χ0n) is 10.3. The molecule has 17 heavy (non-hydrogen) atoms. The molecule has 0 saturated carbocycles. The Morgan fingerprint density at radius 1 is 1.53 bits per heavy atom. The molecule has 0 aliphatic carbocycles. The van der Waals surface area contributed by atoms with E-state index in [1.165, 1.54) is 19.5 Å². The number of ether oxygens (including phenoxy) is 1. The van der Waals surface area contributed by atoms with Gasteiger partial charge in [0.05, 0.1) is 19.5 Å². The maximum absolute atomic E-state index is 11.1. The van der Waals surface area contributed by atoms with Gasteiger partial charge in [-0.1, -0.05) is 6.92 Å². The summed E-state index contributed by atoms with van der Waals surface area (Å²) in [7, 11) is 1.32. The van der Waals surface area contributed by atoms with Crippen LogP contribution in [0.4, 0.5) is 5.82 Å². The molecule has 94 valence electrons. The number of carbonyl (C=O) groups excluding carboxylic acids is 1. The van der Waals surface area contributed by atoms with Crippen molar-refractivity contribution in [1.82, 2.24) is 9.97 Å². The van der Waals surface area contributed by atoms with E-state index in [0.29, 0.717) is 11.7 Å². The molecule has 0 saturated heterocycles. The second-order valence-electron chi connectivity index (χ2n) is 3.72. The van der Waals surface area contributed by atoms with Crippen molar-refractivity contribution in [2.45, 2.75) is 6.92 Å². The monoisotopic (exact) mass is 255 g/mol. The standard InChI is InChI=1S/C11H17N3O2S/c1-8(7-17-3)4-13-10-6-12-9(5-14-10)11(15)16-2/h5-6,8H,4,7H2,1-3H3,(H,13,14). The van der Waals surface area contributed by atoms with Gasteiger partial charge in [-0.15, -0.1) is 0 Å². The zero-order valence-corrected chi connectivity index (χ0v) is 11.1. The Morgan fingerprint density at radius 3 is 2.82 bits per heavy atom. The number of hydrogen-bond donors (Lipinski definition) is 1. The van der Waals surface area contributed by atoms with Gasteiger partial charge in [-0.2, -0.15) is 11.8 Å². The van der Waals surface area contributed by atoms with E-state index in [1.54, 1.807) is 0 Å². The molecule has 1 N–H and O–H groups in total. The Hall–Kier alpha value is -1.30. The van der Waals surface area contributed by atoms with Gasteiger partial charge in [0.2, 0.25) is 0 Å². The Labute approximate surface area is 105 Å². The van der Waals surface area contributed by atoms with Crippen LogP contribution in [0.5, 0.6) is 0 Å². The van der Waals surface area contributed by atoms with Crippen molar-refractivity contribution in [1.29, 1.82) is 0 Å². The number of nitrogens with one attached hydrogen (secondary N) is 1. The minimum atomic E-state index is -0.472. The van der Waals surface area contributed by atoms with Gasteiger partial charge in [-0.3, -0.25) is 0 Å². The molecule has 1 unspecified atom stereocenters. The molecule has 0 aliphatic rings. The van der Waals surface area contributed by atoms with Crippen molar-refractivity contribution in [2.75, 3.05) is 31.0 Å². The Kier molecular flexibility index (Phi) is 5.76. The van der Waals surface area contributed by atoms with Crippen LogP contribution in [0.3, 0.4) is 0 Å². The molecular formula is C11H17N3O2S. The number of esters is 1. The second-order valence-corrected chi connectivity index (χ2v) is 4.63. The van der Waals surface area contributed by atoms with Crippen LogP contribution >= 0.6 is 11.8 Å². The fourth-order valence-corrected chi connectivity index (χ4v) is 1.94. The van der Waals surface area contributed by atoms with E-state index < -0.39 is 5.97 Å². The third-order valence-corrected chi connectivity index (χ3v) is 3.03. The SMILES string of the molecule is COC(=O)c1cnc(NCC(C)CSC)cn1. The lowest BCUT2D eigenvalue weighted by Gasteiger charge is -2.11. The van der Waals surface area contributed by atoms with Gasteiger partial charge in [0, 0.05) is 6.54 Å². The quantitative estimate of drug-likeness (QED) is 0.780. The lowest BCUT2D eigenvalue weighted by molar-refractivity contribution is 0.0593. The van der Waals surface area contributed by atoms with Crippen LogP contribution in [-0.4, -0.2) is 41.6 Å². The average molecular weight is 255 g/mol. The molecule has 1 heterocycles. The number of carbonyl (C=O) groups is 1. The van der Waals surface area contributed by atoms with Crippen LogP contribution in [-0.2, 0) is 4.74 Å². The van der Waals surface area contributed by atoms with Gasteiger partial charge >= 0.3 is 5.97 Å². The number of methoxy groups -OCH3 is 1. The highest BCUT2D eigenvalue weighted by Gasteiger charge is 2.07. The summed E-state index contributed by atoms with van der Waals surface area (Å²) >= 11 is 1.82. The minimum absolute atomic E-state index is 0.218. The molecule has 0 amide bonds. The van der Waals surface area contributed by atoms with Gasteiger partial charge < -0.3 is 10.1 Å². The summed E-state index contributed by atoms with van der Waals surface area (Å²) in [6, 6.07) is 0. The van der Waals surface area contributed by atoms with E-state index in [0.717, 1.165) is 12.3 Å². The first-order valence-corrected chi connectivity index (χ1v) is 6.70. The number of nitrogens with zero attached hydrogens (tertiary/aromatic N) is 2. The molecule has 0 aliphatic heterocycles. The van der Waals surface area contributed by atoms with Crippen LogP contribution < -0.4 is 5.32 Å². The van der Waals surface area contributed by atoms with Crippen molar-refractivity contribution in [2.24, 2.45) is 5.92 Å². The van der Waals surface area contributed by atoms with Crippen LogP contribution in [0.2, 0.25) is 0 Å². The molecule has 0 bridgehead atoms. The van der Waals surface area contributed by atoms with Crippen LogP contribution in [0, 0.1) is 5.92 Å². The van der Waals surface area contributed by atoms with E-state index in [4.69, 9.17) is 0 Å². The lowest BCUT2D eigenvalue weighted by atomic mass is 10.2. The van der Waals surface area contributed by atoms with Gasteiger partial charge in [0.15, 0.2) is 5.69 Å². The smallest absolute Gasteiger partial charge is 0.358 e. The number of anilines is 1. The molecular weight excluding hydrogens is 238 g/mol. The predicted octanol–water partition coefficient (Wildman–Crippen LogP) is 1.67. The highest BCUT2D eigenvalue weighted by molar-refractivity contribution is 7.98. The van der Waals surface area contributed by atoms with E-state index in [2.05, 4.69) is 33.2 Å². The maximum atomic E-state index is 11.1. The number of hydrogen-bond acceptors (Lipinski definition) is 6. The van der Waals surface area contributed by atoms with E-state index in [1.807, 2.05) is 11.8 Å².